The fraction of sp³-hybridized carbons (Fsp3) is 0.667. The molecule has 0 bridgehead atoms. The van der Waals surface area contributed by atoms with E-state index in [1.54, 1.807) is 11.0 Å². The Labute approximate surface area is 58.5 Å². The average Bonchev–Trinajstić information content (AvgIpc) is 2.47. The molecule has 0 aromatic carbocycles. The van der Waals surface area contributed by atoms with Crippen molar-refractivity contribution in [2.75, 3.05) is 0 Å². The lowest BCUT2D eigenvalue weighted by atomic mass is 10.3. The second kappa shape index (κ2) is 1.79. The molecule has 1 aliphatic rings. The summed E-state index contributed by atoms with van der Waals surface area (Å²) in [6.45, 7) is 0.590. The SMILES string of the molecule is OC1(Cn2cncn2)CC1. The van der Waals surface area contributed by atoms with Crippen molar-refractivity contribution in [1.29, 1.82) is 0 Å². The third kappa shape index (κ3) is 1.02. The lowest BCUT2D eigenvalue weighted by Crippen LogP contribution is -2.16. The highest BCUT2D eigenvalue weighted by molar-refractivity contribution is 4.92. The Hall–Kier alpha value is -0.900. The minimum atomic E-state index is -0.465. The van der Waals surface area contributed by atoms with Crippen LogP contribution in [0.4, 0.5) is 0 Å². The second-order valence-electron chi connectivity index (χ2n) is 2.82. The molecule has 1 aromatic heterocycles. The molecule has 4 heteroatoms. The van der Waals surface area contributed by atoms with E-state index in [-0.39, 0.29) is 0 Å². The van der Waals surface area contributed by atoms with E-state index in [0.717, 1.165) is 12.8 Å². The van der Waals surface area contributed by atoms with Gasteiger partial charge in [-0.3, -0.25) is 4.68 Å². The molecule has 0 aliphatic heterocycles. The predicted octanol–water partition coefficient (Wildman–Crippen LogP) is -0.197. The van der Waals surface area contributed by atoms with Crippen molar-refractivity contribution in [3.63, 3.8) is 0 Å². The van der Waals surface area contributed by atoms with Crippen LogP contribution in [-0.4, -0.2) is 25.5 Å². The van der Waals surface area contributed by atoms with E-state index < -0.39 is 5.60 Å². The summed E-state index contributed by atoms with van der Waals surface area (Å²) in [4.78, 5) is 3.77. The van der Waals surface area contributed by atoms with Gasteiger partial charge >= 0.3 is 0 Å². The standard InChI is InChI=1S/C6H9N3O/c10-6(1-2-6)3-9-5-7-4-8-9/h4-5,10H,1-3H2. The molecule has 54 valence electrons. The first-order valence-electron chi connectivity index (χ1n) is 3.33. The van der Waals surface area contributed by atoms with Crippen LogP contribution in [0.2, 0.25) is 0 Å². The Balaban J connectivity index is 2.04. The fourth-order valence-electron chi connectivity index (χ4n) is 0.918. The van der Waals surface area contributed by atoms with Crippen LogP contribution in [0.1, 0.15) is 12.8 Å². The minimum Gasteiger partial charge on any atom is -0.388 e. The quantitative estimate of drug-likeness (QED) is 0.617. The molecule has 1 aliphatic carbocycles. The molecule has 2 rings (SSSR count). The third-order valence-corrected chi connectivity index (χ3v) is 1.75. The van der Waals surface area contributed by atoms with Crippen molar-refractivity contribution in [3.05, 3.63) is 12.7 Å². The van der Waals surface area contributed by atoms with Crippen molar-refractivity contribution >= 4 is 0 Å². The van der Waals surface area contributed by atoms with Gasteiger partial charge in [-0.2, -0.15) is 5.10 Å². The molecule has 1 N–H and O–H groups in total. The molecule has 0 unspecified atom stereocenters. The summed E-state index contributed by atoms with van der Waals surface area (Å²) in [5.74, 6) is 0. The fourth-order valence-corrected chi connectivity index (χ4v) is 0.918. The second-order valence-corrected chi connectivity index (χ2v) is 2.82. The van der Waals surface area contributed by atoms with E-state index in [1.165, 1.54) is 6.33 Å². The largest absolute Gasteiger partial charge is 0.388 e. The maximum absolute atomic E-state index is 9.41. The molecular weight excluding hydrogens is 130 g/mol. The first-order chi connectivity index (χ1) is 4.79. The van der Waals surface area contributed by atoms with Crippen LogP contribution in [-0.2, 0) is 6.54 Å². The monoisotopic (exact) mass is 139 g/mol. The Bertz CT molecular complexity index is 215. The Morgan fingerprint density at radius 2 is 2.40 bits per heavy atom. The minimum absolute atomic E-state index is 0.465. The van der Waals surface area contributed by atoms with E-state index in [1.807, 2.05) is 0 Å². The van der Waals surface area contributed by atoms with Crippen molar-refractivity contribution in [3.8, 4) is 0 Å². The Morgan fingerprint density at radius 3 is 2.90 bits per heavy atom. The summed E-state index contributed by atoms with van der Waals surface area (Å²) in [6, 6.07) is 0. The molecule has 0 saturated heterocycles. The van der Waals surface area contributed by atoms with Gasteiger partial charge in [-0.15, -0.1) is 0 Å². The Morgan fingerprint density at radius 1 is 1.60 bits per heavy atom. The maximum atomic E-state index is 9.41. The zero-order valence-corrected chi connectivity index (χ0v) is 5.56. The highest BCUT2D eigenvalue weighted by Crippen LogP contribution is 2.36. The van der Waals surface area contributed by atoms with Gasteiger partial charge in [-0.1, -0.05) is 0 Å². The smallest absolute Gasteiger partial charge is 0.137 e. The van der Waals surface area contributed by atoms with Gasteiger partial charge in [0.05, 0.1) is 12.1 Å². The highest BCUT2D eigenvalue weighted by Gasteiger charge is 2.40. The molecule has 1 heterocycles. The molecule has 1 saturated carbocycles. The van der Waals surface area contributed by atoms with E-state index in [9.17, 15) is 5.11 Å². The molecule has 1 aromatic rings. The number of rotatable bonds is 2. The lowest BCUT2D eigenvalue weighted by molar-refractivity contribution is 0.125. The summed E-state index contributed by atoms with van der Waals surface area (Å²) in [5, 5.41) is 13.3. The molecular formula is C6H9N3O. The molecule has 0 atom stereocenters. The predicted molar refractivity (Wildman–Crippen MR) is 34.2 cm³/mol. The Kier molecular flexibility index (Phi) is 1.05. The van der Waals surface area contributed by atoms with Crippen LogP contribution < -0.4 is 0 Å². The number of hydrogen-bond acceptors (Lipinski definition) is 3. The lowest BCUT2D eigenvalue weighted by Gasteiger charge is -2.04. The van der Waals surface area contributed by atoms with Gasteiger partial charge < -0.3 is 5.11 Å². The normalized spacial score (nSPS) is 20.9. The van der Waals surface area contributed by atoms with Gasteiger partial charge in [0, 0.05) is 0 Å². The van der Waals surface area contributed by atoms with E-state index in [4.69, 9.17) is 0 Å². The summed E-state index contributed by atoms with van der Waals surface area (Å²) in [6.07, 6.45) is 4.89. The van der Waals surface area contributed by atoms with Crippen molar-refractivity contribution in [1.82, 2.24) is 14.8 Å². The van der Waals surface area contributed by atoms with Crippen LogP contribution in [0.25, 0.3) is 0 Å². The number of aliphatic hydroxyl groups is 1. The topological polar surface area (TPSA) is 50.9 Å². The van der Waals surface area contributed by atoms with Crippen molar-refractivity contribution < 1.29 is 5.11 Å². The molecule has 0 radical (unpaired) electrons. The first-order valence-corrected chi connectivity index (χ1v) is 3.33. The van der Waals surface area contributed by atoms with Gasteiger partial charge in [0.2, 0.25) is 0 Å². The zero-order chi connectivity index (χ0) is 7.03. The summed E-state index contributed by atoms with van der Waals surface area (Å²) >= 11 is 0. The van der Waals surface area contributed by atoms with Crippen LogP contribution in [0.5, 0.6) is 0 Å². The number of aromatic nitrogens is 3. The van der Waals surface area contributed by atoms with Gasteiger partial charge in [0.25, 0.3) is 0 Å². The van der Waals surface area contributed by atoms with Crippen molar-refractivity contribution in [2.24, 2.45) is 0 Å². The maximum Gasteiger partial charge on any atom is 0.137 e. The van der Waals surface area contributed by atoms with Crippen LogP contribution in [0, 0.1) is 0 Å². The van der Waals surface area contributed by atoms with Crippen molar-refractivity contribution in [2.45, 2.75) is 25.0 Å². The number of hydrogen-bond donors (Lipinski definition) is 1. The molecule has 10 heavy (non-hydrogen) atoms. The average molecular weight is 139 g/mol. The molecule has 1 fully saturated rings. The molecule has 0 spiro atoms. The third-order valence-electron chi connectivity index (χ3n) is 1.75. The van der Waals surface area contributed by atoms with Gasteiger partial charge in [-0.05, 0) is 12.8 Å². The van der Waals surface area contributed by atoms with E-state index in [2.05, 4.69) is 10.1 Å². The summed E-state index contributed by atoms with van der Waals surface area (Å²) in [5.41, 5.74) is -0.465. The van der Waals surface area contributed by atoms with Crippen LogP contribution in [0.3, 0.4) is 0 Å². The number of nitrogens with zero attached hydrogens (tertiary/aromatic N) is 3. The van der Waals surface area contributed by atoms with Crippen LogP contribution >= 0.6 is 0 Å². The molecule has 4 nitrogen and oxygen atoms in total. The van der Waals surface area contributed by atoms with E-state index >= 15 is 0 Å². The van der Waals surface area contributed by atoms with E-state index in [0.29, 0.717) is 6.54 Å². The zero-order valence-electron chi connectivity index (χ0n) is 5.56. The highest BCUT2D eigenvalue weighted by atomic mass is 16.3. The molecule has 0 amide bonds. The summed E-state index contributed by atoms with van der Waals surface area (Å²) in [7, 11) is 0. The first kappa shape index (κ1) is 5.85. The van der Waals surface area contributed by atoms with Crippen LogP contribution in [0.15, 0.2) is 12.7 Å². The van der Waals surface area contributed by atoms with Gasteiger partial charge in [0.1, 0.15) is 12.7 Å². The van der Waals surface area contributed by atoms with Gasteiger partial charge in [0.15, 0.2) is 0 Å². The van der Waals surface area contributed by atoms with Gasteiger partial charge in [-0.25, -0.2) is 4.98 Å². The summed E-state index contributed by atoms with van der Waals surface area (Å²) < 4.78 is 1.66.